The highest BCUT2D eigenvalue weighted by molar-refractivity contribution is 5.97. The van der Waals surface area contributed by atoms with Gasteiger partial charge in [0.1, 0.15) is 0 Å². The van der Waals surface area contributed by atoms with E-state index in [1.54, 1.807) is 22.8 Å². The molecule has 7 nitrogen and oxygen atoms in total. The molecule has 1 aliphatic heterocycles. The van der Waals surface area contributed by atoms with Crippen molar-refractivity contribution in [2.75, 3.05) is 39.9 Å². The van der Waals surface area contributed by atoms with Gasteiger partial charge in [0.25, 0.3) is 5.91 Å². The van der Waals surface area contributed by atoms with Gasteiger partial charge in [-0.25, -0.2) is 0 Å². The zero-order valence-electron chi connectivity index (χ0n) is 15.2. The summed E-state index contributed by atoms with van der Waals surface area (Å²) in [6.07, 6.45) is 1.58. The van der Waals surface area contributed by atoms with Crippen LogP contribution in [0.25, 0.3) is 0 Å². The van der Waals surface area contributed by atoms with Crippen LogP contribution in [0.2, 0.25) is 0 Å². The molecule has 7 heteroatoms. The number of likely N-dealkylation sites (N-methyl/N-ethyl adjacent to an activating group) is 1. The predicted molar refractivity (Wildman–Crippen MR) is 96.9 cm³/mol. The van der Waals surface area contributed by atoms with E-state index in [9.17, 15) is 9.59 Å². The molecular weight excluding hydrogens is 332 g/mol. The number of carbonyl (C=O) groups excluding carboxylic acids is 2. The third kappa shape index (κ3) is 4.11. The Labute approximate surface area is 153 Å². The molecule has 2 amide bonds. The van der Waals surface area contributed by atoms with Crippen molar-refractivity contribution in [3.05, 3.63) is 53.3 Å². The van der Waals surface area contributed by atoms with Crippen molar-refractivity contribution in [2.45, 2.75) is 13.5 Å². The number of benzene rings is 1. The van der Waals surface area contributed by atoms with Crippen LogP contribution >= 0.6 is 0 Å². The van der Waals surface area contributed by atoms with E-state index < -0.39 is 0 Å². The Morgan fingerprint density at radius 2 is 1.88 bits per heavy atom. The molecule has 1 saturated heterocycles. The second-order valence-corrected chi connectivity index (χ2v) is 6.44. The van der Waals surface area contributed by atoms with Crippen LogP contribution in [0, 0.1) is 6.92 Å². The Bertz CT molecular complexity index is 766. The summed E-state index contributed by atoms with van der Waals surface area (Å²) in [5.74, 6) is -0.248. The molecule has 2 heterocycles. The lowest BCUT2D eigenvalue weighted by Crippen LogP contribution is -2.46. The topological polar surface area (TPSA) is 67.7 Å². The molecule has 0 saturated carbocycles. The largest absolute Gasteiger partial charge is 0.378 e. The van der Waals surface area contributed by atoms with E-state index in [0.29, 0.717) is 38.4 Å². The Morgan fingerprint density at radius 3 is 2.58 bits per heavy atom. The Kier molecular flexibility index (Phi) is 5.68. The van der Waals surface area contributed by atoms with Crippen LogP contribution in [0.4, 0.5) is 0 Å². The summed E-state index contributed by atoms with van der Waals surface area (Å²) < 4.78 is 7.06. The maximum atomic E-state index is 12.7. The van der Waals surface area contributed by atoms with Crippen molar-refractivity contribution in [3.63, 3.8) is 0 Å². The molecular formula is C19H24N4O3. The van der Waals surface area contributed by atoms with Crippen LogP contribution in [-0.2, 0) is 16.1 Å². The fourth-order valence-corrected chi connectivity index (χ4v) is 2.97. The number of hydrogen-bond donors (Lipinski definition) is 0. The lowest BCUT2D eigenvalue weighted by molar-refractivity contribution is -0.135. The summed E-state index contributed by atoms with van der Waals surface area (Å²) in [5.41, 5.74) is 2.44. The van der Waals surface area contributed by atoms with Gasteiger partial charge in [-0.05, 0) is 12.5 Å². The van der Waals surface area contributed by atoms with Crippen LogP contribution in [0.3, 0.4) is 0 Å². The van der Waals surface area contributed by atoms with Gasteiger partial charge >= 0.3 is 0 Å². The normalized spacial score (nSPS) is 14.3. The minimum Gasteiger partial charge on any atom is -0.378 e. The summed E-state index contributed by atoms with van der Waals surface area (Å²) in [6.45, 7) is 4.80. The van der Waals surface area contributed by atoms with Crippen molar-refractivity contribution in [1.29, 1.82) is 0 Å². The van der Waals surface area contributed by atoms with Crippen molar-refractivity contribution in [1.82, 2.24) is 19.6 Å². The molecule has 26 heavy (non-hydrogen) atoms. The highest BCUT2D eigenvalue weighted by Gasteiger charge is 2.23. The number of ether oxygens (including phenoxy) is 1. The van der Waals surface area contributed by atoms with Gasteiger partial charge in [-0.1, -0.05) is 30.3 Å². The van der Waals surface area contributed by atoms with Gasteiger partial charge in [0.15, 0.2) is 0 Å². The van der Waals surface area contributed by atoms with Crippen molar-refractivity contribution in [2.24, 2.45) is 0 Å². The van der Waals surface area contributed by atoms with E-state index in [1.807, 2.05) is 37.3 Å². The highest BCUT2D eigenvalue weighted by atomic mass is 16.5. The molecule has 0 spiro atoms. The third-order valence-corrected chi connectivity index (χ3v) is 4.59. The molecule has 2 aromatic rings. The Hall–Kier alpha value is -2.67. The van der Waals surface area contributed by atoms with Crippen LogP contribution in [0.1, 0.15) is 21.6 Å². The van der Waals surface area contributed by atoms with Gasteiger partial charge in [0, 0.05) is 25.8 Å². The van der Waals surface area contributed by atoms with Gasteiger partial charge in [-0.3, -0.25) is 14.3 Å². The molecule has 1 aromatic carbocycles. The standard InChI is InChI=1S/C19H24N4O3/c1-15-17(12-20-23(15)13-16-6-4-3-5-7-16)19(25)21(2)14-18(24)22-8-10-26-11-9-22/h3-7,12H,8-11,13-14H2,1-2H3. The van der Waals surface area contributed by atoms with E-state index in [-0.39, 0.29) is 18.4 Å². The molecule has 0 radical (unpaired) electrons. The molecule has 0 aliphatic carbocycles. The first-order valence-electron chi connectivity index (χ1n) is 8.73. The first kappa shape index (κ1) is 18.1. The quantitative estimate of drug-likeness (QED) is 0.807. The molecule has 1 fully saturated rings. The van der Waals surface area contributed by atoms with Crippen LogP contribution in [0.5, 0.6) is 0 Å². The van der Waals surface area contributed by atoms with E-state index in [4.69, 9.17) is 4.74 Å². The second kappa shape index (κ2) is 8.14. The van der Waals surface area contributed by atoms with Crippen molar-refractivity contribution in [3.8, 4) is 0 Å². The van der Waals surface area contributed by atoms with Crippen LogP contribution in [0.15, 0.2) is 36.5 Å². The number of hydrogen-bond acceptors (Lipinski definition) is 4. The molecule has 1 aromatic heterocycles. The van der Waals surface area contributed by atoms with E-state index in [2.05, 4.69) is 5.10 Å². The van der Waals surface area contributed by atoms with Gasteiger partial charge in [0.05, 0.1) is 38.1 Å². The lowest BCUT2D eigenvalue weighted by atomic mass is 10.2. The fraction of sp³-hybridized carbons (Fsp3) is 0.421. The number of amides is 2. The SMILES string of the molecule is Cc1c(C(=O)N(C)CC(=O)N2CCOCC2)cnn1Cc1ccccc1. The van der Waals surface area contributed by atoms with E-state index in [0.717, 1.165) is 11.3 Å². The minimum absolute atomic E-state index is 0.0570. The van der Waals surface area contributed by atoms with Gasteiger partial charge in [0.2, 0.25) is 5.91 Å². The zero-order valence-corrected chi connectivity index (χ0v) is 15.2. The smallest absolute Gasteiger partial charge is 0.257 e. The van der Waals surface area contributed by atoms with Crippen molar-refractivity contribution >= 4 is 11.8 Å². The lowest BCUT2D eigenvalue weighted by Gasteiger charge is -2.28. The second-order valence-electron chi connectivity index (χ2n) is 6.44. The van der Waals surface area contributed by atoms with Crippen LogP contribution in [-0.4, -0.2) is 71.3 Å². The molecule has 138 valence electrons. The summed E-state index contributed by atoms with van der Waals surface area (Å²) >= 11 is 0. The van der Waals surface area contributed by atoms with Gasteiger partial charge in [-0.15, -0.1) is 0 Å². The zero-order chi connectivity index (χ0) is 18.5. The summed E-state index contributed by atoms with van der Waals surface area (Å²) in [5, 5.41) is 4.34. The number of morpholine rings is 1. The molecule has 0 bridgehead atoms. The number of rotatable bonds is 5. The van der Waals surface area contributed by atoms with Gasteiger partial charge < -0.3 is 14.5 Å². The fourth-order valence-electron chi connectivity index (χ4n) is 2.97. The maximum Gasteiger partial charge on any atom is 0.257 e. The average Bonchev–Trinajstić information content (AvgIpc) is 3.03. The number of carbonyl (C=O) groups is 2. The number of nitrogens with zero attached hydrogens (tertiary/aromatic N) is 4. The minimum atomic E-state index is -0.191. The third-order valence-electron chi connectivity index (χ3n) is 4.59. The molecule has 0 unspecified atom stereocenters. The van der Waals surface area contributed by atoms with E-state index in [1.165, 1.54) is 4.90 Å². The average molecular weight is 356 g/mol. The summed E-state index contributed by atoms with van der Waals surface area (Å²) in [4.78, 5) is 28.2. The molecule has 1 aliphatic rings. The first-order chi connectivity index (χ1) is 12.6. The summed E-state index contributed by atoms with van der Waals surface area (Å²) in [6, 6.07) is 9.97. The van der Waals surface area contributed by atoms with E-state index >= 15 is 0 Å². The monoisotopic (exact) mass is 356 g/mol. The number of aromatic nitrogens is 2. The molecule has 3 rings (SSSR count). The first-order valence-corrected chi connectivity index (χ1v) is 8.73. The Morgan fingerprint density at radius 1 is 1.19 bits per heavy atom. The summed E-state index contributed by atoms with van der Waals surface area (Å²) in [7, 11) is 1.65. The van der Waals surface area contributed by atoms with Gasteiger partial charge in [-0.2, -0.15) is 5.10 Å². The Balaban J connectivity index is 1.64. The van der Waals surface area contributed by atoms with Crippen molar-refractivity contribution < 1.29 is 14.3 Å². The van der Waals surface area contributed by atoms with Crippen LogP contribution < -0.4 is 0 Å². The maximum absolute atomic E-state index is 12.7. The molecule has 0 N–H and O–H groups in total. The predicted octanol–water partition coefficient (Wildman–Crippen LogP) is 1.17. The molecule has 0 atom stereocenters. The highest BCUT2D eigenvalue weighted by Crippen LogP contribution is 2.12.